The highest BCUT2D eigenvalue weighted by molar-refractivity contribution is 7.10. The summed E-state index contributed by atoms with van der Waals surface area (Å²) in [5, 5.41) is 4.14. The summed E-state index contributed by atoms with van der Waals surface area (Å²) >= 11 is 3.43. The maximum absolute atomic E-state index is 12.6. The normalized spacial score (nSPS) is 11.6. The van der Waals surface area contributed by atoms with Crippen molar-refractivity contribution >= 4 is 28.6 Å². The largest absolute Gasteiger partial charge is 0.332 e. The van der Waals surface area contributed by atoms with Gasteiger partial charge in [-0.3, -0.25) is 4.79 Å². The average molecular weight is 322 g/mol. The molecule has 0 aliphatic rings. The molecule has 1 amide bonds. The number of hydrogen-bond acceptors (Lipinski definition) is 3. The van der Waals surface area contributed by atoms with E-state index in [2.05, 4.69) is 43.7 Å². The Bertz CT molecular complexity index is 502. The third-order valence-electron chi connectivity index (χ3n) is 3.30. The molecule has 0 saturated heterocycles. The zero-order chi connectivity index (χ0) is 15.3. The van der Waals surface area contributed by atoms with Gasteiger partial charge in [0.25, 0.3) is 0 Å². The fourth-order valence-electron chi connectivity index (χ4n) is 2.05. The predicted molar refractivity (Wildman–Crippen MR) is 91.6 cm³/mol. The van der Waals surface area contributed by atoms with Crippen LogP contribution in [-0.2, 0) is 17.9 Å². The molecule has 0 bridgehead atoms. The van der Waals surface area contributed by atoms with Crippen LogP contribution in [0.15, 0.2) is 35.0 Å². The topological polar surface area (TPSA) is 20.3 Å². The first kappa shape index (κ1) is 16.2. The van der Waals surface area contributed by atoms with E-state index in [1.807, 2.05) is 17.0 Å². The smallest absolute Gasteiger partial charge is 0.223 e. The number of carbonyl (C=O) groups is 1. The van der Waals surface area contributed by atoms with Crippen LogP contribution < -0.4 is 0 Å². The molecule has 2 heterocycles. The average Bonchev–Trinajstić information content (AvgIpc) is 3.07. The van der Waals surface area contributed by atoms with Crippen LogP contribution in [0.5, 0.6) is 0 Å². The van der Waals surface area contributed by atoms with E-state index < -0.39 is 0 Å². The first-order chi connectivity index (χ1) is 9.94. The minimum atomic E-state index is 0.202. The second-order valence-electron chi connectivity index (χ2n) is 6.47. The summed E-state index contributed by atoms with van der Waals surface area (Å²) in [5.74, 6) is 0.256. The molecular weight excluding hydrogens is 298 g/mol. The van der Waals surface area contributed by atoms with Crippen LogP contribution in [0, 0.1) is 5.41 Å². The number of rotatable bonds is 6. The van der Waals surface area contributed by atoms with E-state index in [-0.39, 0.29) is 11.3 Å². The van der Waals surface area contributed by atoms with Crippen molar-refractivity contribution < 1.29 is 4.79 Å². The van der Waals surface area contributed by atoms with Crippen molar-refractivity contribution in [1.82, 2.24) is 4.90 Å². The molecular formula is C17H23NOS2. The number of carbonyl (C=O) groups excluding carboxylic acids is 1. The van der Waals surface area contributed by atoms with Crippen molar-refractivity contribution in [3.8, 4) is 0 Å². The van der Waals surface area contributed by atoms with Crippen LogP contribution in [-0.4, -0.2) is 10.8 Å². The molecule has 21 heavy (non-hydrogen) atoms. The third kappa shape index (κ3) is 5.64. The van der Waals surface area contributed by atoms with Crippen molar-refractivity contribution in [3.05, 3.63) is 44.8 Å². The van der Waals surface area contributed by atoms with Gasteiger partial charge in [0, 0.05) is 16.2 Å². The minimum absolute atomic E-state index is 0.202. The summed E-state index contributed by atoms with van der Waals surface area (Å²) in [4.78, 5) is 17.1. The summed E-state index contributed by atoms with van der Waals surface area (Å²) < 4.78 is 0. The van der Waals surface area contributed by atoms with Gasteiger partial charge in [0.15, 0.2) is 0 Å². The van der Waals surface area contributed by atoms with Crippen LogP contribution in [0.25, 0.3) is 0 Å². The van der Waals surface area contributed by atoms with E-state index in [9.17, 15) is 4.79 Å². The first-order valence-corrected chi connectivity index (χ1v) is 9.02. The lowest BCUT2D eigenvalue weighted by molar-refractivity contribution is -0.132. The van der Waals surface area contributed by atoms with E-state index in [1.54, 1.807) is 22.7 Å². The lowest BCUT2D eigenvalue weighted by Crippen LogP contribution is -2.30. The second kappa shape index (κ2) is 7.23. The summed E-state index contributed by atoms with van der Waals surface area (Å²) in [6.07, 6.45) is 1.55. The van der Waals surface area contributed by atoms with E-state index >= 15 is 0 Å². The van der Waals surface area contributed by atoms with Gasteiger partial charge in [-0.2, -0.15) is 0 Å². The van der Waals surface area contributed by atoms with Gasteiger partial charge in [-0.1, -0.05) is 32.9 Å². The standard InChI is InChI=1S/C17H23NOS2/c1-17(2,3)9-8-16(19)18(12-14-6-4-10-20-14)13-15-7-5-11-21-15/h4-7,10-11H,8-9,12-13H2,1-3H3. The Morgan fingerprint density at radius 3 is 1.95 bits per heavy atom. The number of hydrogen-bond donors (Lipinski definition) is 0. The SMILES string of the molecule is CC(C)(C)CCC(=O)N(Cc1cccs1)Cc1cccs1. The van der Waals surface area contributed by atoms with E-state index in [0.29, 0.717) is 6.42 Å². The second-order valence-corrected chi connectivity index (χ2v) is 8.53. The van der Waals surface area contributed by atoms with Gasteiger partial charge in [-0.05, 0) is 34.7 Å². The van der Waals surface area contributed by atoms with E-state index in [4.69, 9.17) is 0 Å². The van der Waals surface area contributed by atoms with Crippen LogP contribution in [0.3, 0.4) is 0 Å². The van der Waals surface area contributed by atoms with E-state index in [0.717, 1.165) is 19.5 Å². The molecule has 0 radical (unpaired) electrons. The van der Waals surface area contributed by atoms with Crippen molar-refractivity contribution in [2.45, 2.75) is 46.7 Å². The molecule has 0 spiro atoms. The number of thiophene rings is 2. The van der Waals surface area contributed by atoms with Crippen LogP contribution in [0.1, 0.15) is 43.4 Å². The summed E-state index contributed by atoms with van der Waals surface area (Å²) in [7, 11) is 0. The Kier molecular flexibility index (Phi) is 5.59. The van der Waals surface area contributed by atoms with Gasteiger partial charge in [0.1, 0.15) is 0 Å². The Morgan fingerprint density at radius 2 is 1.57 bits per heavy atom. The van der Waals surface area contributed by atoms with Crippen molar-refractivity contribution in [1.29, 1.82) is 0 Å². The first-order valence-electron chi connectivity index (χ1n) is 7.26. The van der Waals surface area contributed by atoms with Crippen LogP contribution in [0.2, 0.25) is 0 Å². The van der Waals surface area contributed by atoms with Crippen molar-refractivity contribution in [3.63, 3.8) is 0 Å². The zero-order valence-corrected chi connectivity index (χ0v) is 14.6. The highest BCUT2D eigenvalue weighted by atomic mass is 32.1. The molecule has 0 aliphatic carbocycles. The summed E-state index contributed by atoms with van der Waals surface area (Å²) in [6.45, 7) is 7.99. The molecule has 2 nitrogen and oxygen atoms in total. The Balaban J connectivity index is 2.01. The van der Waals surface area contributed by atoms with Gasteiger partial charge in [0.2, 0.25) is 5.91 Å². The molecule has 0 N–H and O–H groups in total. The Hall–Kier alpha value is -1.13. The fraction of sp³-hybridized carbons (Fsp3) is 0.471. The van der Waals surface area contributed by atoms with Crippen molar-refractivity contribution in [2.24, 2.45) is 5.41 Å². The van der Waals surface area contributed by atoms with Gasteiger partial charge in [0.05, 0.1) is 13.1 Å². The molecule has 0 saturated carbocycles. The molecule has 4 heteroatoms. The fourth-order valence-corrected chi connectivity index (χ4v) is 3.49. The molecule has 0 aliphatic heterocycles. The van der Waals surface area contributed by atoms with Crippen LogP contribution in [0.4, 0.5) is 0 Å². The molecule has 0 fully saturated rings. The minimum Gasteiger partial charge on any atom is -0.332 e. The lowest BCUT2D eigenvalue weighted by Gasteiger charge is -2.24. The predicted octanol–water partition coefficient (Wildman–Crippen LogP) is 5.16. The van der Waals surface area contributed by atoms with Gasteiger partial charge < -0.3 is 4.90 Å². The van der Waals surface area contributed by atoms with E-state index in [1.165, 1.54) is 9.75 Å². The quantitative estimate of drug-likeness (QED) is 0.719. The van der Waals surface area contributed by atoms with Crippen molar-refractivity contribution in [2.75, 3.05) is 0 Å². The maximum atomic E-state index is 12.6. The third-order valence-corrected chi connectivity index (χ3v) is 5.02. The molecule has 2 aromatic heterocycles. The lowest BCUT2D eigenvalue weighted by atomic mass is 9.90. The molecule has 2 rings (SSSR count). The molecule has 114 valence electrons. The summed E-state index contributed by atoms with van der Waals surface area (Å²) in [6, 6.07) is 8.29. The molecule has 0 aromatic carbocycles. The Labute approximate surface area is 135 Å². The summed E-state index contributed by atoms with van der Waals surface area (Å²) in [5.41, 5.74) is 0.202. The maximum Gasteiger partial charge on any atom is 0.223 e. The van der Waals surface area contributed by atoms with Gasteiger partial charge >= 0.3 is 0 Å². The Morgan fingerprint density at radius 1 is 1.05 bits per heavy atom. The van der Waals surface area contributed by atoms with Crippen LogP contribution >= 0.6 is 22.7 Å². The van der Waals surface area contributed by atoms with Gasteiger partial charge in [-0.15, -0.1) is 22.7 Å². The molecule has 0 atom stereocenters. The number of amides is 1. The highest BCUT2D eigenvalue weighted by Gasteiger charge is 2.19. The van der Waals surface area contributed by atoms with Gasteiger partial charge in [-0.25, -0.2) is 0 Å². The molecule has 0 unspecified atom stereocenters. The zero-order valence-electron chi connectivity index (χ0n) is 13.0. The number of nitrogens with zero attached hydrogens (tertiary/aromatic N) is 1. The highest BCUT2D eigenvalue weighted by Crippen LogP contribution is 2.23. The monoisotopic (exact) mass is 321 g/mol. The molecule has 2 aromatic rings.